The molecule has 26 heavy (non-hydrogen) atoms. The van der Waals surface area contributed by atoms with Crippen LogP contribution in [0.25, 0.3) is 0 Å². The molecule has 0 aliphatic rings. The summed E-state index contributed by atoms with van der Waals surface area (Å²) in [6.07, 6.45) is 0. The van der Waals surface area contributed by atoms with Gasteiger partial charge in [-0.25, -0.2) is 33.7 Å². The van der Waals surface area contributed by atoms with Gasteiger partial charge in [-0.2, -0.15) is 8.42 Å². The first-order chi connectivity index (χ1) is 11.4. The maximum absolute atomic E-state index is 11.8. The summed E-state index contributed by atoms with van der Waals surface area (Å²) in [5, 5.41) is 0. The van der Waals surface area contributed by atoms with E-state index in [0.717, 1.165) is 0 Å². The normalized spacial score (nSPS) is 14.4. The second-order valence-corrected chi connectivity index (χ2v) is 16.4. The average molecular weight is 478 g/mol. The highest BCUT2D eigenvalue weighted by atomic mass is 32.2. The average Bonchev–Trinajstić information content (AvgIpc) is 2.48. The number of rotatable bonds is 13. The Labute approximate surface area is 154 Å². The lowest BCUT2D eigenvalue weighted by molar-refractivity contribution is 0.415. The van der Waals surface area contributed by atoms with Gasteiger partial charge < -0.3 is 0 Å². The van der Waals surface area contributed by atoms with Crippen LogP contribution in [0.15, 0.2) is 0 Å². The van der Waals surface area contributed by atoms with E-state index in [1.54, 1.807) is 0 Å². The summed E-state index contributed by atoms with van der Waals surface area (Å²) in [6.45, 7) is 1.34. The van der Waals surface area contributed by atoms with Crippen molar-refractivity contribution in [2.75, 3.05) is 51.8 Å². The van der Waals surface area contributed by atoms with Gasteiger partial charge in [-0.15, -0.1) is 0 Å². The van der Waals surface area contributed by atoms with E-state index in [2.05, 4.69) is 0 Å². The van der Waals surface area contributed by atoms with Crippen molar-refractivity contribution in [3.63, 3.8) is 0 Å². The Bertz CT molecular complexity index is 983. The standard InChI is InChI=1S/C10H21O11S5/c1-2-22(11,12)3-4-23(13,14)5-6-24(15,16)7-8-25(17,18)9-10-26(19,20)21/h2-10H2,1H3. The first kappa shape index (κ1) is 25.7. The highest BCUT2D eigenvalue weighted by Gasteiger charge is 2.24. The Kier molecular flexibility index (Phi) is 9.17. The molecule has 0 aliphatic heterocycles. The Morgan fingerprint density at radius 2 is 0.654 bits per heavy atom. The van der Waals surface area contributed by atoms with E-state index in [9.17, 15) is 46.6 Å². The minimum Gasteiger partial charge on any atom is -0.229 e. The predicted octanol–water partition coefficient (Wildman–Crippen LogP) is -2.57. The molecule has 16 heteroatoms. The molecule has 1 radical (unpaired) electrons. The molecule has 0 spiro atoms. The van der Waals surface area contributed by atoms with Gasteiger partial charge >= 0.3 is 0 Å². The Hall–Kier alpha value is -0.290. The van der Waals surface area contributed by atoms with Gasteiger partial charge in [0, 0.05) is 5.75 Å². The van der Waals surface area contributed by atoms with Gasteiger partial charge in [0.15, 0.2) is 39.3 Å². The number of sulfone groups is 4. The molecule has 0 unspecified atom stereocenters. The molecule has 0 N–H and O–H groups in total. The maximum Gasteiger partial charge on any atom is 0.295 e. The molecule has 0 saturated carbocycles. The van der Waals surface area contributed by atoms with E-state index in [4.69, 9.17) is 0 Å². The van der Waals surface area contributed by atoms with Crippen molar-refractivity contribution in [2.24, 2.45) is 0 Å². The van der Waals surface area contributed by atoms with Crippen LogP contribution >= 0.6 is 0 Å². The lowest BCUT2D eigenvalue weighted by Crippen LogP contribution is -2.28. The van der Waals surface area contributed by atoms with E-state index >= 15 is 0 Å². The summed E-state index contributed by atoms with van der Waals surface area (Å²) < 4.78 is 124. The summed E-state index contributed by atoms with van der Waals surface area (Å²) in [5.74, 6) is -7.47. The summed E-state index contributed by atoms with van der Waals surface area (Å²) in [5.41, 5.74) is 0. The van der Waals surface area contributed by atoms with Crippen molar-refractivity contribution in [1.82, 2.24) is 0 Å². The zero-order valence-corrected chi connectivity index (χ0v) is 18.0. The van der Waals surface area contributed by atoms with Gasteiger partial charge in [0.1, 0.15) is 0 Å². The van der Waals surface area contributed by atoms with Crippen LogP contribution in [0.1, 0.15) is 6.92 Å². The third kappa shape index (κ3) is 13.0. The molecule has 0 bridgehead atoms. The van der Waals surface area contributed by atoms with Crippen LogP contribution in [0.5, 0.6) is 0 Å². The first-order valence-corrected chi connectivity index (χ1v) is 16.0. The zero-order valence-electron chi connectivity index (χ0n) is 13.9. The van der Waals surface area contributed by atoms with Gasteiger partial charge in [-0.05, 0) is 0 Å². The van der Waals surface area contributed by atoms with Crippen LogP contribution in [-0.2, 0) is 54.0 Å². The van der Waals surface area contributed by atoms with Gasteiger partial charge in [0.05, 0.1) is 46.0 Å². The van der Waals surface area contributed by atoms with Crippen molar-refractivity contribution >= 4 is 49.5 Å². The Morgan fingerprint density at radius 3 is 0.885 bits per heavy atom. The largest absolute Gasteiger partial charge is 0.295 e. The molecule has 0 aliphatic carbocycles. The summed E-state index contributed by atoms with van der Waals surface area (Å²) >= 11 is 0. The van der Waals surface area contributed by atoms with Crippen molar-refractivity contribution in [1.29, 1.82) is 0 Å². The van der Waals surface area contributed by atoms with Gasteiger partial charge in [0.2, 0.25) is 0 Å². The topological polar surface area (TPSA) is 191 Å². The highest BCUT2D eigenvalue weighted by molar-refractivity contribution is 7.97. The van der Waals surface area contributed by atoms with Crippen LogP contribution in [0.4, 0.5) is 0 Å². The van der Waals surface area contributed by atoms with Crippen molar-refractivity contribution in [3.8, 4) is 0 Å². The minimum absolute atomic E-state index is 0.252. The molecular weight excluding hydrogens is 456 g/mol. The smallest absolute Gasteiger partial charge is 0.229 e. The molecule has 0 aromatic carbocycles. The molecule has 0 fully saturated rings. The summed E-state index contributed by atoms with van der Waals surface area (Å²) in [6, 6.07) is 0. The minimum atomic E-state index is -4.77. The molecule has 0 amide bonds. The van der Waals surface area contributed by atoms with Crippen LogP contribution in [0.2, 0.25) is 0 Å². The van der Waals surface area contributed by atoms with Gasteiger partial charge in [-0.1, -0.05) is 11.5 Å². The number of hydrogen-bond donors (Lipinski definition) is 0. The Morgan fingerprint density at radius 1 is 0.423 bits per heavy atom. The highest BCUT2D eigenvalue weighted by Crippen LogP contribution is 2.02. The third-order valence-electron chi connectivity index (χ3n) is 3.20. The maximum atomic E-state index is 11.8. The van der Waals surface area contributed by atoms with E-state index in [1.807, 2.05) is 0 Å². The van der Waals surface area contributed by atoms with Crippen LogP contribution in [0.3, 0.4) is 0 Å². The summed E-state index contributed by atoms with van der Waals surface area (Å²) in [4.78, 5) is 0. The lowest BCUT2D eigenvalue weighted by Gasteiger charge is -2.07. The van der Waals surface area contributed by atoms with Crippen LogP contribution in [0, 0.1) is 0 Å². The van der Waals surface area contributed by atoms with E-state index in [-0.39, 0.29) is 5.75 Å². The first-order valence-electron chi connectivity index (χ1n) is 7.14. The van der Waals surface area contributed by atoms with Crippen molar-refractivity contribution < 1.29 is 46.6 Å². The Balaban J connectivity index is 4.67. The van der Waals surface area contributed by atoms with Crippen LogP contribution < -0.4 is 0 Å². The molecule has 157 valence electrons. The molecule has 0 aromatic heterocycles. The van der Waals surface area contributed by atoms with E-state index in [0.29, 0.717) is 0 Å². The molecule has 0 saturated heterocycles. The molecule has 0 aromatic rings. The number of hydrogen-bond acceptors (Lipinski definition) is 10. The fraction of sp³-hybridized carbons (Fsp3) is 1.00. The molecule has 11 nitrogen and oxygen atoms in total. The fourth-order valence-electron chi connectivity index (χ4n) is 1.44. The molecule has 0 heterocycles. The molecule has 0 atom stereocenters. The third-order valence-corrected chi connectivity index (χ3v) is 11.6. The quantitative estimate of drug-likeness (QED) is 0.272. The van der Waals surface area contributed by atoms with Crippen molar-refractivity contribution in [3.05, 3.63) is 0 Å². The predicted molar refractivity (Wildman–Crippen MR) is 94.8 cm³/mol. The SMILES string of the molecule is CCS(=O)(=O)CCS(=O)(=O)CCS(=O)(=O)CCS(=O)(=O)CCS([O])(=O)=O. The summed E-state index contributed by atoms with van der Waals surface area (Å²) in [7, 11) is -20.5. The van der Waals surface area contributed by atoms with E-state index < -0.39 is 95.5 Å². The fourth-order valence-corrected chi connectivity index (χ4v) is 10.3. The lowest BCUT2D eigenvalue weighted by atomic mass is 10.9. The van der Waals surface area contributed by atoms with E-state index in [1.165, 1.54) is 6.92 Å². The van der Waals surface area contributed by atoms with Gasteiger partial charge in [0.25, 0.3) is 10.1 Å². The monoisotopic (exact) mass is 477 g/mol. The second-order valence-electron chi connectivity index (χ2n) is 5.45. The molecule has 0 rings (SSSR count). The molecular formula is C10H21O11S5. The van der Waals surface area contributed by atoms with Gasteiger partial charge in [-0.3, -0.25) is 0 Å². The zero-order chi connectivity index (χ0) is 20.9. The second kappa shape index (κ2) is 9.27. The van der Waals surface area contributed by atoms with Crippen molar-refractivity contribution in [2.45, 2.75) is 6.92 Å². The van der Waals surface area contributed by atoms with Crippen LogP contribution in [-0.4, -0.2) is 93.9 Å².